The molecule has 126 valence electrons. The molecule has 2 nitrogen and oxygen atoms in total. The van der Waals surface area contributed by atoms with Crippen molar-refractivity contribution in [1.82, 2.24) is 0 Å². The summed E-state index contributed by atoms with van der Waals surface area (Å²) in [7, 11) is 0. The summed E-state index contributed by atoms with van der Waals surface area (Å²) >= 11 is 0. The number of allylic oxidation sites excluding steroid dienone is 2. The smallest absolute Gasteiger partial charge is 0.0687 e. The van der Waals surface area contributed by atoms with Crippen LogP contribution in [0.25, 0.3) is 0 Å². The van der Waals surface area contributed by atoms with Gasteiger partial charge in [0.25, 0.3) is 0 Å². The first-order valence-electron chi connectivity index (χ1n) is 8.82. The number of hydrogen-bond donors (Lipinski definition) is 2. The SMILES string of the molecule is CC(/C=C/[C@@H]1[C@@]2(C)CCCC(C)(C)[C@@H]2CC[C@]1(C)O)=C\CO. The van der Waals surface area contributed by atoms with Crippen LogP contribution in [0.15, 0.2) is 23.8 Å². The molecule has 2 heteroatoms. The third-order valence-corrected chi connectivity index (χ3v) is 6.56. The van der Waals surface area contributed by atoms with Gasteiger partial charge in [-0.1, -0.05) is 51.0 Å². The van der Waals surface area contributed by atoms with Crippen LogP contribution in [0, 0.1) is 22.7 Å². The minimum absolute atomic E-state index is 0.0736. The lowest BCUT2D eigenvalue weighted by Gasteiger charge is -2.60. The van der Waals surface area contributed by atoms with Gasteiger partial charge < -0.3 is 10.2 Å². The van der Waals surface area contributed by atoms with Crippen molar-refractivity contribution in [3.8, 4) is 0 Å². The van der Waals surface area contributed by atoms with Crippen LogP contribution in [0.2, 0.25) is 0 Å². The van der Waals surface area contributed by atoms with E-state index in [0.717, 1.165) is 18.4 Å². The summed E-state index contributed by atoms with van der Waals surface area (Å²) in [5.74, 6) is 0.853. The Morgan fingerprint density at radius 2 is 1.82 bits per heavy atom. The van der Waals surface area contributed by atoms with Crippen LogP contribution in [-0.4, -0.2) is 22.4 Å². The van der Waals surface area contributed by atoms with Crippen molar-refractivity contribution in [2.75, 3.05) is 6.61 Å². The van der Waals surface area contributed by atoms with Gasteiger partial charge in [0.1, 0.15) is 0 Å². The second-order valence-electron chi connectivity index (χ2n) is 8.76. The second kappa shape index (κ2) is 6.13. The Hall–Kier alpha value is -0.600. The van der Waals surface area contributed by atoms with Crippen molar-refractivity contribution < 1.29 is 10.2 Å². The minimum Gasteiger partial charge on any atom is -0.392 e. The molecule has 0 aromatic rings. The molecule has 2 aliphatic carbocycles. The normalized spacial score (nSPS) is 42.4. The van der Waals surface area contributed by atoms with Crippen molar-refractivity contribution >= 4 is 0 Å². The zero-order valence-electron chi connectivity index (χ0n) is 15.0. The Morgan fingerprint density at radius 3 is 2.45 bits per heavy atom. The summed E-state index contributed by atoms with van der Waals surface area (Å²) < 4.78 is 0. The van der Waals surface area contributed by atoms with Crippen molar-refractivity contribution in [2.45, 2.75) is 72.3 Å². The fourth-order valence-electron chi connectivity index (χ4n) is 5.45. The average Bonchev–Trinajstić information content (AvgIpc) is 2.36. The van der Waals surface area contributed by atoms with Gasteiger partial charge in [0.2, 0.25) is 0 Å². The molecule has 0 aliphatic heterocycles. The van der Waals surface area contributed by atoms with Crippen LogP contribution in [0.1, 0.15) is 66.7 Å². The maximum absolute atomic E-state index is 11.0. The van der Waals surface area contributed by atoms with Crippen LogP contribution in [0.5, 0.6) is 0 Å². The molecule has 0 bridgehead atoms. The molecule has 0 amide bonds. The Bertz CT molecular complexity index is 458. The third kappa shape index (κ3) is 3.19. The summed E-state index contributed by atoms with van der Waals surface area (Å²) in [6.07, 6.45) is 11.9. The largest absolute Gasteiger partial charge is 0.392 e. The number of aliphatic hydroxyl groups is 2. The standard InChI is InChI=1S/C20H34O2/c1-15(10-14-21)7-8-17-19(4)12-6-11-18(2,3)16(19)9-13-20(17,5)22/h7-8,10,16-17,21-22H,6,9,11-14H2,1-5H3/b8-7+,15-10+/t16-,17+,19-,20-/m0/s1. The van der Waals surface area contributed by atoms with Crippen molar-refractivity contribution in [2.24, 2.45) is 22.7 Å². The fraction of sp³-hybridized carbons (Fsp3) is 0.800. The van der Waals surface area contributed by atoms with E-state index in [9.17, 15) is 5.11 Å². The molecule has 22 heavy (non-hydrogen) atoms. The molecule has 0 unspecified atom stereocenters. The Labute approximate surface area is 136 Å². The highest BCUT2D eigenvalue weighted by Gasteiger charge is 2.57. The number of hydrogen-bond acceptors (Lipinski definition) is 2. The van der Waals surface area contributed by atoms with E-state index >= 15 is 0 Å². The van der Waals surface area contributed by atoms with E-state index in [1.54, 1.807) is 0 Å². The van der Waals surface area contributed by atoms with E-state index in [0.29, 0.717) is 11.3 Å². The molecule has 0 aromatic heterocycles. The van der Waals surface area contributed by atoms with Crippen LogP contribution in [-0.2, 0) is 0 Å². The van der Waals surface area contributed by atoms with Gasteiger partial charge in [-0.25, -0.2) is 0 Å². The summed E-state index contributed by atoms with van der Waals surface area (Å²) in [6, 6.07) is 0. The summed E-state index contributed by atoms with van der Waals surface area (Å²) in [5, 5.41) is 20.1. The fourth-order valence-corrected chi connectivity index (χ4v) is 5.45. The molecule has 0 saturated heterocycles. The molecular formula is C20H34O2. The Morgan fingerprint density at radius 1 is 1.14 bits per heavy atom. The van der Waals surface area contributed by atoms with Crippen molar-refractivity contribution in [3.05, 3.63) is 23.8 Å². The van der Waals surface area contributed by atoms with Gasteiger partial charge in [-0.3, -0.25) is 0 Å². The molecule has 4 atom stereocenters. The highest BCUT2D eigenvalue weighted by atomic mass is 16.3. The van der Waals surface area contributed by atoms with E-state index in [1.807, 2.05) is 19.9 Å². The topological polar surface area (TPSA) is 40.5 Å². The average molecular weight is 306 g/mol. The first kappa shape index (κ1) is 17.7. The number of rotatable bonds is 3. The highest BCUT2D eigenvalue weighted by Crippen LogP contribution is 2.62. The highest BCUT2D eigenvalue weighted by molar-refractivity contribution is 5.21. The molecule has 0 heterocycles. The zero-order valence-corrected chi connectivity index (χ0v) is 15.0. The molecule has 2 fully saturated rings. The van der Waals surface area contributed by atoms with Gasteiger partial charge in [-0.05, 0) is 56.3 Å². The third-order valence-electron chi connectivity index (χ3n) is 6.56. The van der Waals surface area contributed by atoms with E-state index in [4.69, 9.17) is 5.11 Å². The van der Waals surface area contributed by atoms with Gasteiger partial charge in [-0.15, -0.1) is 0 Å². The second-order valence-corrected chi connectivity index (χ2v) is 8.76. The molecule has 0 radical (unpaired) electrons. The van der Waals surface area contributed by atoms with Gasteiger partial charge in [0.15, 0.2) is 0 Å². The van der Waals surface area contributed by atoms with Crippen LogP contribution >= 0.6 is 0 Å². The predicted molar refractivity (Wildman–Crippen MR) is 92.6 cm³/mol. The lowest BCUT2D eigenvalue weighted by atomic mass is 9.45. The van der Waals surface area contributed by atoms with Crippen molar-refractivity contribution in [1.29, 1.82) is 0 Å². The van der Waals surface area contributed by atoms with E-state index in [-0.39, 0.29) is 17.9 Å². The van der Waals surface area contributed by atoms with Crippen molar-refractivity contribution in [3.63, 3.8) is 0 Å². The molecule has 0 spiro atoms. The monoisotopic (exact) mass is 306 g/mol. The lowest BCUT2D eigenvalue weighted by Crippen LogP contribution is -2.56. The van der Waals surface area contributed by atoms with E-state index < -0.39 is 5.60 Å². The zero-order chi connectivity index (χ0) is 16.6. The van der Waals surface area contributed by atoms with Gasteiger partial charge >= 0.3 is 0 Å². The molecule has 2 rings (SSSR count). The first-order chi connectivity index (χ1) is 10.1. The summed E-state index contributed by atoms with van der Waals surface area (Å²) in [4.78, 5) is 0. The molecule has 0 aromatic carbocycles. The first-order valence-corrected chi connectivity index (χ1v) is 8.82. The summed E-state index contributed by atoms with van der Waals surface area (Å²) in [5.41, 5.74) is 0.971. The summed E-state index contributed by atoms with van der Waals surface area (Å²) in [6.45, 7) is 11.3. The predicted octanol–water partition coefficient (Wildman–Crippen LogP) is 4.47. The van der Waals surface area contributed by atoms with Crippen LogP contribution in [0.3, 0.4) is 0 Å². The number of fused-ring (bicyclic) bond motifs is 1. The lowest BCUT2D eigenvalue weighted by molar-refractivity contribution is -0.149. The molecule has 2 N–H and O–H groups in total. The minimum atomic E-state index is -0.630. The molecule has 2 aliphatic rings. The molecule has 2 saturated carbocycles. The number of aliphatic hydroxyl groups excluding tert-OH is 1. The quantitative estimate of drug-likeness (QED) is 0.755. The molecular weight excluding hydrogens is 272 g/mol. The maximum Gasteiger partial charge on any atom is 0.0687 e. The van der Waals surface area contributed by atoms with Gasteiger partial charge in [0.05, 0.1) is 12.2 Å². The van der Waals surface area contributed by atoms with Crippen LogP contribution < -0.4 is 0 Å². The van der Waals surface area contributed by atoms with E-state index in [1.165, 1.54) is 19.3 Å². The Balaban J connectivity index is 2.36. The Kier molecular flexibility index (Phi) is 4.94. The van der Waals surface area contributed by atoms with Crippen LogP contribution in [0.4, 0.5) is 0 Å². The van der Waals surface area contributed by atoms with Gasteiger partial charge in [0, 0.05) is 5.92 Å². The van der Waals surface area contributed by atoms with Gasteiger partial charge in [-0.2, -0.15) is 0 Å². The van der Waals surface area contributed by atoms with E-state index in [2.05, 4.69) is 32.9 Å². The maximum atomic E-state index is 11.0.